The predicted molar refractivity (Wildman–Crippen MR) is 111 cm³/mol. The second kappa shape index (κ2) is 9.69. The van der Waals surface area contributed by atoms with Crippen LogP contribution >= 0.6 is 0 Å². The molecule has 3 rings (SSSR count). The van der Waals surface area contributed by atoms with Crippen molar-refractivity contribution < 1.29 is 29.0 Å². The van der Waals surface area contributed by atoms with Crippen molar-refractivity contribution in [3.63, 3.8) is 0 Å². The van der Waals surface area contributed by atoms with Crippen LogP contribution in [0.4, 0.5) is 4.79 Å². The first-order valence-corrected chi connectivity index (χ1v) is 10.2. The molecule has 0 bridgehead atoms. The number of phenolic OH excluding ortho intramolecular Hbond substituents is 1. The second-order valence-corrected chi connectivity index (χ2v) is 7.36. The zero-order valence-electron chi connectivity index (χ0n) is 17.9. The van der Waals surface area contributed by atoms with E-state index in [-0.39, 0.29) is 23.0 Å². The summed E-state index contributed by atoms with van der Waals surface area (Å²) in [5, 5.41) is 15.5. The van der Waals surface area contributed by atoms with E-state index in [2.05, 4.69) is 15.5 Å². The molecule has 0 spiro atoms. The van der Waals surface area contributed by atoms with Gasteiger partial charge >= 0.3 is 12.0 Å². The van der Waals surface area contributed by atoms with Crippen molar-refractivity contribution >= 4 is 17.9 Å². The molecule has 1 atom stereocenters. The molecule has 10 heteroatoms. The molecule has 3 amide bonds. The number of urea groups is 1. The molecule has 0 saturated carbocycles. The molecule has 1 saturated heterocycles. The topological polar surface area (TPSA) is 120 Å². The van der Waals surface area contributed by atoms with Gasteiger partial charge in [0.1, 0.15) is 0 Å². The molecule has 2 aliphatic heterocycles. The lowest BCUT2D eigenvalue weighted by atomic mass is 9.94. The van der Waals surface area contributed by atoms with Gasteiger partial charge in [-0.05, 0) is 24.6 Å². The van der Waals surface area contributed by atoms with Crippen molar-refractivity contribution in [3.8, 4) is 11.5 Å². The zero-order valence-corrected chi connectivity index (χ0v) is 17.9. The number of ether oxygens (including phenoxy) is 2. The largest absolute Gasteiger partial charge is 0.504 e. The Morgan fingerprint density at radius 3 is 2.55 bits per heavy atom. The lowest BCUT2D eigenvalue weighted by Crippen LogP contribution is -2.52. The van der Waals surface area contributed by atoms with Crippen LogP contribution in [0.5, 0.6) is 11.5 Å². The molecule has 3 N–H and O–H groups in total. The molecule has 1 aromatic carbocycles. The number of nitrogens with zero attached hydrogens (tertiary/aromatic N) is 2. The van der Waals surface area contributed by atoms with Crippen LogP contribution in [0, 0.1) is 0 Å². The summed E-state index contributed by atoms with van der Waals surface area (Å²) in [6, 6.07) is 3.47. The van der Waals surface area contributed by atoms with Crippen molar-refractivity contribution in [2.24, 2.45) is 0 Å². The molecule has 2 aliphatic rings. The fourth-order valence-corrected chi connectivity index (χ4v) is 3.77. The lowest BCUT2D eigenvalue weighted by molar-refractivity contribution is -0.136. The molecular weight excluding hydrogens is 404 g/mol. The van der Waals surface area contributed by atoms with Crippen LogP contribution in [0.2, 0.25) is 0 Å². The van der Waals surface area contributed by atoms with E-state index < -0.39 is 18.0 Å². The van der Waals surface area contributed by atoms with Crippen molar-refractivity contribution in [1.29, 1.82) is 0 Å². The first kappa shape index (κ1) is 22.4. The smallest absolute Gasteiger partial charge is 0.338 e. The van der Waals surface area contributed by atoms with Gasteiger partial charge in [-0.15, -0.1) is 0 Å². The molecule has 0 unspecified atom stereocenters. The summed E-state index contributed by atoms with van der Waals surface area (Å²) in [4.78, 5) is 40.5. The molecule has 1 aromatic rings. The Morgan fingerprint density at radius 2 is 1.94 bits per heavy atom. The number of benzene rings is 1. The van der Waals surface area contributed by atoms with Gasteiger partial charge < -0.3 is 30.1 Å². The van der Waals surface area contributed by atoms with Crippen LogP contribution in [0.3, 0.4) is 0 Å². The fraction of sp³-hybridized carbons (Fsp3) is 0.476. The number of carbonyl (C=O) groups is 3. The summed E-state index contributed by atoms with van der Waals surface area (Å²) >= 11 is 0. The molecule has 168 valence electrons. The highest BCUT2D eigenvalue weighted by Crippen LogP contribution is 2.34. The van der Waals surface area contributed by atoms with Gasteiger partial charge in [0.05, 0.1) is 25.3 Å². The third-order valence-corrected chi connectivity index (χ3v) is 5.38. The average Bonchev–Trinajstić information content (AvgIpc) is 2.75. The van der Waals surface area contributed by atoms with Crippen LogP contribution in [-0.2, 0) is 14.3 Å². The minimum atomic E-state index is -0.769. The summed E-state index contributed by atoms with van der Waals surface area (Å²) in [6.07, 6.45) is 0. The van der Waals surface area contributed by atoms with Crippen LogP contribution in [-0.4, -0.2) is 79.3 Å². The number of piperazine rings is 1. The first-order valence-electron chi connectivity index (χ1n) is 10.2. The molecule has 0 aliphatic carbocycles. The molecular formula is C21H28N4O6. The van der Waals surface area contributed by atoms with Crippen LogP contribution < -0.4 is 15.4 Å². The highest BCUT2D eigenvalue weighted by Gasteiger charge is 2.35. The van der Waals surface area contributed by atoms with Gasteiger partial charge in [0.15, 0.2) is 11.5 Å². The number of aromatic hydroxyl groups is 1. The number of hydrogen-bond donors (Lipinski definition) is 3. The second-order valence-electron chi connectivity index (χ2n) is 7.36. The first-order chi connectivity index (χ1) is 14.8. The monoisotopic (exact) mass is 432 g/mol. The third kappa shape index (κ3) is 5.08. The quantitative estimate of drug-likeness (QED) is 0.567. The van der Waals surface area contributed by atoms with E-state index in [4.69, 9.17) is 9.47 Å². The highest BCUT2D eigenvalue weighted by atomic mass is 16.5. The van der Waals surface area contributed by atoms with Gasteiger partial charge in [-0.1, -0.05) is 6.07 Å². The van der Waals surface area contributed by atoms with Crippen molar-refractivity contribution in [3.05, 3.63) is 35.0 Å². The van der Waals surface area contributed by atoms with Gasteiger partial charge in [0, 0.05) is 45.3 Å². The van der Waals surface area contributed by atoms with Crippen LogP contribution in [0.25, 0.3) is 0 Å². The molecule has 31 heavy (non-hydrogen) atoms. The van der Waals surface area contributed by atoms with Crippen molar-refractivity contribution in [1.82, 2.24) is 20.4 Å². The average molecular weight is 432 g/mol. The Balaban J connectivity index is 1.92. The lowest BCUT2D eigenvalue weighted by Gasteiger charge is -2.36. The van der Waals surface area contributed by atoms with Gasteiger partial charge in [-0.3, -0.25) is 9.69 Å². The standard InChI is InChI=1S/C21H28N4O6/c1-4-31-17-11-14(5-6-16(17)27)19-18(20(28)30-3)15(22-21(29)23-19)12-24-7-9-25(10-8-24)13(2)26/h5-6,11,19,27H,4,7-10,12H2,1-3H3,(H2,22,23,29)/t19-/m1/s1. The van der Waals surface area contributed by atoms with Gasteiger partial charge in [0.25, 0.3) is 0 Å². The minimum Gasteiger partial charge on any atom is -0.504 e. The van der Waals surface area contributed by atoms with Gasteiger partial charge in [0.2, 0.25) is 5.91 Å². The summed E-state index contributed by atoms with van der Waals surface area (Å²) < 4.78 is 10.4. The highest BCUT2D eigenvalue weighted by molar-refractivity contribution is 5.95. The number of methoxy groups -OCH3 is 1. The number of esters is 1. The molecule has 10 nitrogen and oxygen atoms in total. The number of phenols is 1. The predicted octanol–water partition coefficient (Wildman–Crippen LogP) is 0.736. The van der Waals surface area contributed by atoms with E-state index in [1.165, 1.54) is 13.2 Å². The summed E-state index contributed by atoms with van der Waals surface area (Å²) in [6.45, 7) is 6.44. The number of hydrogen-bond acceptors (Lipinski definition) is 7. The Hall–Kier alpha value is -3.27. The Bertz CT molecular complexity index is 892. The number of amides is 3. The molecule has 1 fully saturated rings. The Kier molecular flexibility index (Phi) is 7.01. The number of nitrogens with one attached hydrogen (secondary N) is 2. The summed E-state index contributed by atoms with van der Waals surface area (Å²) in [5.74, 6) is -0.306. The van der Waals surface area contributed by atoms with E-state index in [9.17, 15) is 19.5 Å². The van der Waals surface area contributed by atoms with E-state index in [1.807, 2.05) is 0 Å². The van der Waals surface area contributed by atoms with Crippen molar-refractivity contribution in [2.45, 2.75) is 19.9 Å². The molecule has 0 radical (unpaired) electrons. The number of rotatable bonds is 6. The maximum absolute atomic E-state index is 12.7. The maximum atomic E-state index is 12.7. The van der Waals surface area contributed by atoms with E-state index >= 15 is 0 Å². The normalized spacial score (nSPS) is 19.5. The fourth-order valence-electron chi connectivity index (χ4n) is 3.77. The number of carbonyl (C=O) groups excluding carboxylic acids is 3. The molecule has 0 aromatic heterocycles. The minimum absolute atomic E-state index is 0.0294. The van der Waals surface area contributed by atoms with Crippen LogP contribution in [0.1, 0.15) is 25.5 Å². The van der Waals surface area contributed by atoms with E-state index in [0.29, 0.717) is 50.6 Å². The van der Waals surface area contributed by atoms with Gasteiger partial charge in [-0.25, -0.2) is 9.59 Å². The van der Waals surface area contributed by atoms with Crippen molar-refractivity contribution in [2.75, 3.05) is 46.4 Å². The Morgan fingerprint density at radius 1 is 1.23 bits per heavy atom. The maximum Gasteiger partial charge on any atom is 0.338 e. The van der Waals surface area contributed by atoms with Gasteiger partial charge in [-0.2, -0.15) is 0 Å². The third-order valence-electron chi connectivity index (χ3n) is 5.38. The van der Waals surface area contributed by atoms with E-state index in [1.54, 1.807) is 30.9 Å². The van der Waals surface area contributed by atoms with Crippen LogP contribution in [0.15, 0.2) is 29.5 Å². The summed E-state index contributed by atoms with van der Waals surface area (Å²) in [5.41, 5.74) is 1.31. The summed E-state index contributed by atoms with van der Waals surface area (Å²) in [7, 11) is 1.29. The molecule has 2 heterocycles. The Labute approximate surface area is 180 Å². The SMILES string of the molecule is CCOc1cc([C@H]2NC(=O)NC(CN3CCN(C(C)=O)CC3)=C2C(=O)OC)ccc1O. The zero-order chi connectivity index (χ0) is 22.5. The van der Waals surface area contributed by atoms with E-state index in [0.717, 1.165) is 0 Å².